The number of esters is 1. The van der Waals surface area contributed by atoms with Crippen LogP contribution in [-0.4, -0.2) is 33.4 Å². The van der Waals surface area contributed by atoms with Gasteiger partial charge in [0.05, 0.1) is 17.8 Å². The lowest BCUT2D eigenvalue weighted by atomic mass is 10.3. The molecule has 0 bridgehead atoms. The number of hydrogen-bond donors (Lipinski definition) is 2. The fourth-order valence-electron chi connectivity index (χ4n) is 1.34. The van der Waals surface area contributed by atoms with E-state index in [2.05, 4.69) is 5.10 Å². The fourth-order valence-corrected chi connectivity index (χ4v) is 1.34. The Kier molecular flexibility index (Phi) is 4.08. The second-order valence-corrected chi connectivity index (χ2v) is 3.44. The van der Waals surface area contributed by atoms with Gasteiger partial charge >= 0.3 is 11.9 Å². The van der Waals surface area contributed by atoms with Gasteiger partial charge in [0.1, 0.15) is 6.61 Å². The normalized spacial score (nSPS) is 10.2. The molecule has 0 radical (unpaired) electrons. The van der Waals surface area contributed by atoms with Gasteiger partial charge in [-0.05, 0) is 13.8 Å². The SMILES string of the molecule is CCn1nc(C)c(N)c1C(=O)OCCC(=O)O. The van der Waals surface area contributed by atoms with Gasteiger partial charge in [-0.15, -0.1) is 0 Å². The van der Waals surface area contributed by atoms with Crippen LogP contribution < -0.4 is 5.73 Å². The largest absolute Gasteiger partial charge is 0.481 e. The molecule has 7 nitrogen and oxygen atoms in total. The van der Waals surface area contributed by atoms with Crippen LogP contribution in [-0.2, 0) is 16.1 Å². The Balaban J connectivity index is 2.77. The van der Waals surface area contributed by atoms with E-state index in [1.54, 1.807) is 6.92 Å². The number of carbonyl (C=O) groups is 2. The molecule has 0 amide bonds. The Morgan fingerprint density at radius 1 is 1.53 bits per heavy atom. The molecule has 1 aromatic rings. The number of nitrogens with zero attached hydrogens (tertiary/aromatic N) is 2. The number of anilines is 1. The summed E-state index contributed by atoms with van der Waals surface area (Å²) in [6.45, 7) is 3.82. The summed E-state index contributed by atoms with van der Waals surface area (Å²) in [5.74, 6) is -1.67. The second-order valence-electron chi connectivity index (χ2n) is 3.44. The third-order valence-electron chi connectivity index (χ3n) is 2.22. The lowest BCUT2D eigenvalue weighted by Crippen LogP contribution is -2.16. The number of aryl methyl sites for hydroxylation is 2. The van der Waals surface area contributed by atoms with Crippen molar-refractivity contribution in [2.45, 2.75) is 26.8 Å². The zero-order valence-corrected chi connectivity index (χ0v) is 9.77. The van der Waals surface area contributed by atoms with E-state index in [0.29, 0.717) is 12.2 Å². The first-order valence-corrected chi connectivity index (χ1v) is 5.19. The van der Waals surface area contributed by atoms with E-state index in [1.807, 2.05) is 6.92 Å². The Morgan fingerprint density at radius 3 is 2.71 bits per heavy atom. The van der Waals surface area contributed by atoms with Crippen LogP contribution in [0.4, 0.5) is 5.69 Å². The van der Waals surface area contributed by atoms with Crippen molar-refractivity contribution < 1.29 is 19.4 Å². The van der Waals surface area contributed by atoms with Gasteiger partial charge < -0.3 is 15.6 Å². The molecule has 0 saturated carbocycles. The average molecular weight is 241 g/mol. The summed E-state index contributed by atoms with van der Waals surface area (Å²) in [4.78, 5) is 22.0. The molecule has 1 rings (SSSR count). The molecule has 0 spiro atoms. The van der Waals surface area contributed by atoms with Gasteiger partial charge in [0.2, 0.25) is 0 Å². The number of carboxylic acids is 1. The van der Waals surface area contributed by atoms with E-state index in [4.69, 9.17) is 15.6 Å². The molecule has 94 valence electrons. The molecule has 1 heterocycles. The maximum absolute atomic E-state index is 11.7. The van der Waals surface area contributed by atoms with Crippen LogP contribution >= 0.6 is 0 Å². The van der Waals surface area contributed by atoms with Crippen LogP contribution in [0.25, 0.3) is 0 Å². The zero-order valence-electron chi connectivity index (χ0n) is 9.77. The van der Waals surface area contributed by atoms with Crippen molar-refractivity contribution in [1.29, 1.82) is 0 Å². The Labute approximate surface area is 98.2 Å². The van der Waals surface area contributed by atoms with E-state index in [9.17, 15) is 9.59 Å². The molecule has 0 aromatic carbocycles. The van der Waals surface area contributed by atoms with Crippen LogP contribution in [0.5, 0.6) is 0 Å². The fraction of sp³-hybridized carbons (Fsp3) is 0.500. The third-order valence-corrected chi connectivity index (χ3v) is 2.22. The number of nitrogens with two attached hydrogens (primary N) is 1. The van der Waals surface area contributed by atoms with Crippen LogP contribution in [0, 0.1) is 6.92 Å². The Bertz CT molecular complexity index is 439. The van der Waals surface area contributed by atoms with E-state index in [-0.39, 0.29) is 24.4 Å². The first kappa shape index (κ1) is 13.0. The van der Waals surface area contributed by atoms with Crippen molar-refractivity contribution in [2.75, 3.05) is 12.3 Å². The van der Waals surface area contributed by atoms with Crippen LogP contribution in [0.3, 0.4) is 0 Å². The van der Waals surface area contributed by atoms with E-state index in [1.165, 1.54) is 4.68 Å². The Morgan fingerprint density at radius 2 is 2.18 bits per heavy atom. The summed E-state index contributed by atoms with van der Waals surface area (Å²) in [5, 5.41) is 12.5. The summed E-state index contributed by atoms with van der Waals surface area (Å²) < 4.78 is 6.25. The molecule has 1 aromatic heterocycles. The third kappa shape index (κ3) is 2.96. The van der Waals surface area contributed by atoms with Crippen LogP contribution in [0.2, 0.25) is 0 Å². The monoisotopic (exact) mass is 241 g/mol. The number of nitrogen functional groups attached to an aromatic ring is 1. The standard InChI is InChI=1S/C10H15N3O4/c1-3-13-9(8(11)6(2)12-13)10(16)17-5-4-7(14)15/h3-5,11H2,1-2H3,(H,14,15). The summed E-state index contributed by atoms with van der Waals surface area (Å²) >= 11 is 0. The summed E-state index contributed by atoms with van der Waals surface area (Å²) in [6, 6.07) is 0. The highest BCUT2D eigenvalue weighted by Gasteiger charge is 2.20. The molecule has 17 heavy (non-hydrogen) atoms. The lowest BCUT2D eigenvalue weighted by molar-refractivity contribution is -0.137. The maximum atomic E-state index is 11.7. The lowest BCUT2D eigenvalue weighted by Gasteiger charge is -2.05. The number of hydrogen-bond acceptors (Lipinski definition) is 5. The minimum absolute atomic E-state index is 0.176. The highest BCUT2D eigenvalue weighted by molar-refractivity contribution is 5.93. The molecule has 0 unspecified atom stereocenters. The van der Waals surface area contributed by atoms with Gasteiger partial charge in [-0.25, -0.2) is 4.79 Å². The van der Waals surface area contributed by atoms with Crippen molar-refractivity contribution in [3.63, 3.8) is 0 Å². The highest BCUT2D eigenvalue weighted by atomic mass is 16.5. The molecule has 0 fully saturated rings. The summed E-state index contributed by atoms with van der Waals surface area (Å²) in [5.41, 5.74) is 6.71. The molecule has 0 aliphatic heterocycles. The molecule has 0 atom stereocenters. The minimum Gasteiger partial charge on any atom is -0.481 e. The smallest absolute Gasteiger partial charge is 0.358 e. The molecule has 0 aliphatic rings. The van der Waals surface area contributed by atoms with Crippen molar-refractivity contribution in [2.24, 2.45) is 0 Å². The quantitative estimate of drug-likeness (QED) is 0.723. The zero-order chi connectivity index (χ0) is 13.0. The summed E-state index contributed by atoms with van der Waals surface area (Å²) in [7, 11) is 0. The van der Waals surface area contributed by atoms with Crippen LogP contribution in [0.1, 0.15) is 29.5 Å². The van der Waals surface area contributed by atoms with E-state index >= 15 is 0 Å². The molecule has 7 heteroatoms. The molecular weight excluding hydrogens is 226 g/mol. The van der Waals surface area contributed by atoms with Crippen molar-refractivity contribution in [1.82, 2.24) is 9.78 Å². The van der Waals surface area contributed by atoms with Crippen molar-refractivity contribution in [3.8, 4) is 0 Å². The van der Waals surface area contributed by atoms with Crippen molar-refractivity contribution in [3.05, 3.63) is 11.4 Å². The van der Waals surface area contributed by atoms with Gasteiger partial charge in [0.15, 0.2) is 5.69 Å². The molecule has 0 aliphatic carbocycles. The predicted molar refractivity (Wildman–Crippen MR) is 59.6 cm³/mol. The number of ether oxygens (including phenoxy) is 1. The van der Waals surface area contributed by atoms with Crippen molar-refractivity contribution >= 4 is 17.6 Å². The Hall–Kier alpha value is -2.05. The van der Waals surface area contributed by atoms with Crippen LogP contribution in [0.15, 0.2) is 0 Å². The number of rotatable bonds is 5. The number of aromatic nitrogens is 2. The van der Waals surface area contributed by atoms with Gasteiger partial charge in [-0.1, -0.05) is 0 Å². The van der Waals surface area contributed by atoms with Gasteiger partial charge in [0, 0.05) is 6.54 Å². The number of carboxylic acid groups (broad SMARTS) is 1. The topological polar surface area (TPSA) is 107 Å². The average Bonchev–Trinajstić information content (AvgIpc) is 2.54. The second kappa shape index (κ2) is 5.33. The van der Waals surface area contributed by atoms with Gasteiger partial charge in [-0.2, -0.15) is 5.10 Å². The molecular formula is C10H15N3O4. The molecule has 0 saturated heterocycles. The van der Waals surface area contributed by atoms with E-state index in [0.717, 1.165) is 0 Å². The predicted octanol–water partition coefficient (Wildman–Crippen LogP) is 0.425. The van der Waals surface area contributed by atoms with Gasteiger partial charge in [0.25, 0.3) is 0 Å². The molecule has 3 N–H and O–H groups in total. The summed E-state index contributed by atoms with van der Waals surface area (Å²) in [6.07, 6.45) is -0.231. The maximum Gasteiger partial charge on any atom is 0.358 e. The van der Waals surface area contributed by atoms with Gasteiger partial charge in [-0.3, -0.25) is 9.48 Å². The highest BCUT2D eigenvalue weighted by Crippen LogP contribution is 2.17. The minimum atomic E-state index is -1.02. The first-order chi connectivity index (χ1) is 7.97. The van der Waals surface area contributed by atoms with E-state index < -0.39 is 11.9 Å². The first-order valence-electron chi connectivity index (χ1n) is 5.19. The number of carbonyl (C=O) groups excluding carboxylic acids is 1. The number of aliphatic carboxylic acids is 1.